The van der Waals surface area contributed by atoms with Crippen molar-refractivity contribution >= 4 is 5.69 Å². The summed E-state index contributed by atoms with van der Waals surface area (Å²) in [5, 5.41) is 15.3. The van der Waals surface area contributed by atoms with E-state index in [0.717, 1.165) is 35.6 Å². The number of aromatic nitrogens is 3. The Hall–Kier alpha value is -1.88. The number of nitrogen functional groups attached to an aromatic ring is 1. The van der Waals surface area contributed by atoms with Crippen molar-refractivity contribution < 1.29 is 5.11 Å². The van der Waals surface area contributed by atoms with Gasteiger partial charge in [0.2, 0.25) is 0 Å². The van der Waals surface area contributed by atoms with Gasteiger partial charge in [0.1, 0.15) is 12.2 Å². The number of nitrogens with zero attached hydrogens (tertiary/aromatic N) is 3. The van der Waals surface area contributed by atoms with Gasteiger partial charge in [0.25, 0.3) is 0 Å². The van der Waals surface area contributed by atoms with Crippen LogP contribution in [0.15, 0.2) is 24.5 Å². The van der Waals surface area contributed by atoms with E-state index in [-0.39, 0.29) is 0 Å². The minimum atomic E-state index is -0.856. The number of nitrogens with two attached hydrogens (primary N) is 1. The highest BCUT2D eigenvalue weighted by Gasteiger charge is 2.38. The highest BCUT2D eigenvalue weighted by atomic mass is 16.3. The Morgan fingerprint density at radius 2 is 2.24 bits per heavy atom. The molecule has 1 aromatic heterocycles. The molecule has 1 atom stereocenters. The fourth-order valence-electron chi connectivity index (χ4n) is 3.12. The van der Waals surface area contributed by atoms with Gasteiger partial charge in [-0.2, -0.15) is 5.10 Å². The van der Waals surface area contributed by atoms with E-state index in [1.165, 1.54) is 0 Å². The second kappa shape index (κ2) is 5.15. The molecule has 5 nitrogen and oxygen atoms in total. The summed E-state index contributed by atoms with van der Waals surface area (Å²) in [6.45, 7) is 5.11. The third-order valence-corrected chi connectivity index (χ3v) is 4.12. The summed E-state index contributed by atoms with van der Waals surface area (Å²) in [6, 6.07) is 5.76. The first kappa shape index (κ1) is 14.1. The van der Waals surface area contributed by atoms with Gasteiger partial charge in [0.05, 0.1) is 5.60 Å². The maximum atomic E-state index is 11.0. The van der Waals surface area contributed by atoms with E-state index in [1.807, 2.05) is 22.9 Å². The average Bonchev–Trinajstić information content (AvgIpc) is 2.95. The number of anilines is 1. The third-order valence-electron chi connectivity index (χ3n) is 4.12. The van der Waals surface area contributed by atoms with Crippen LogP contribution < -0.4 is 5.73 Å². The number of benzene rings is 1. The normalized spacial score (nSPS) is 21.0. The van der Waals surface area contributed by atoms with Gasteiger partial charge in [0, 0.05) is 18.7 Å². The van der Waals surface area contributed by atoms with Crippen molar-refractivity contribution in [3.05, 3.63) is 41.5 Å². The van der Waals surface area contributed by atoms with Gasteiger partial charge in [0.15, 0.2) is 0 Å². The fraction of sp³-hybridized carbons (Fsp3) is 0.500. The molecule has 0 saturated heterocycles. The van der Waals surface area contributed by atoms with Crippen LogP contribution in [0.25, 0.3) is 0 Å². The molecule has 1 aliphatic carbocycles. The maximum absolute atomic E-state index is 11.0. The summed E-state index contributed by atoms with van der Waals surface area (Å²) < 4.78 is 1.90. The Labute approximate surface area is 124 Å². The van der Waals surface area contributed by atoms with Crippen LogP contribution in [-0.4, -0.2) is 19.9 Å². The van der Waals surface area contributed by atoms with Gasteiger partial charge < -0.3 is 10.8 Å². The quantitative estimate of drug-likeness (QED) is 0.842. The molecular weight excluding hydrogens is 264 g/mol. The van der Waals surface area contributed by atoms with Gasteiger partial charge in [-0.3, -0.25) is 0 Å². The van der Waals surface area contributed by atoms with Gasteiger partial charge in [-0.05, 0) is 42.0 Å². The fourth-order valence-corrected chi connectivity index (χ4v) is 3.12. The summed E-state index contributed by atoms with van der Waals surface area (Å²) in [4.78, 5) is 4.34. The smallest absolute Gasteiger partial charge is 0.138 e. The van der Waals surface area contributed by atoms with Crippen LogP contribution in [0.3, 0.4) is 0 Å². The molecule has 1 unspecified atom stereocenters. The molecule has 0 radical (unpaired) electrons. The molecule has 5 heteroatoms. The monoisotopic (exact) mass is 286 g/mol. The zero-order valence-corrected chi connectivity index (χ0v) is 12.6. The van der Waals surface area contributed by atoms with Crippen molar-refractivity contribution in [3.8, 4) is 0 Å². The molecule has 0 aliphatic heterocycles. The summed E-state index contributed by atoms with van der Waals surface area (Å²) in [5.41, 5.74) is 7.85. The molecule has 0 spiro atoms. The van der Waals surface area contributed by atoms with Gasteiger partial charge in [-0.1, -0.05) is 19.9 Å². The Bertz CT molecular complexity index is 649. The van der Waals surface area contributed by atoms with E-state index < -0.39 is 5.60 Å². The van der Waals surface area contributed by atoms with Crippen molar-refractivity contribution in [2.24, 2.45) is 5.92 Å². The second-order valence-electron chi connectivity index (χ2n) is 6.38. The van der Waals surface area contributed by atoms with E-state index in [4.69, 9.17) is 5.73 Å². The molecule has 1 aromatic carbocycles. The standard InChI is InChI=1S/C16H22N4O/c1-11(2)9-20-15(18-10-19-20)8-16(21)6-5-12-7-13(17)3-4-14(12)16/h3-4,7,10-11,21H,5-6,8-9,17H2,1-2H3. The summed E-state index contributed by atoms with van der Waals surface area (Å²) >= 11 is 0. The van der Waals surface area contributed by atoms with E-state index in [9.17, 15) is 5.11 Å². The van der Waals surface area contributed by atoms with Crippen molar-refractivity contribution in [3.63, 3.8) is 0 Å². The van der Waals surface area contributed by atoms with Crippen LogP contribution in [0.4, 0.5) is 5.69 Å². The number of aliphatic hydroxyl groups is 1. The first-order valence-corrected chi connectivity index (χ1v) is 7.46. The Balaban J connectivity index is 1.88. The molecule has 21 heavy (non-hydrogen) atoms. The molecule has 0 amide bonds. The zero-order chi connectivity index (χ0) is 15.0. The first-order valence-electron chi connectivity index (χ1n) is 7.46. The van der Waals surface area contributed by atoms with Crippen molar-refractivity contribution in [2.45, 2.75) is 45.3 Å². The molecule has 1 aliphatic rings. The molecule has 3 rings (SSSR count). The van der Waals surface area contributed by atoms with E-state index >= 15 is 0 Å². The minimum absolute atomic E-state index is 0.496. The maximum Gasteiger partial charge on any atom is 0.138 e. The number of fused-ring (bicyclic) bond motifs is 1. The number of hydrogen-bond acceptors (Lipinski definition) is 4. The first-order chi connectivity index (χ1) is 9.98. The van der Waals surface area contributed by atoms with E-state index in [2.05, 4.69) is 23.9 Å². The highest BCUT2D eigenvalue weighted by molar-refractivity contribution is 5.49. The van der Waals surface area contributed by atoms with Crippen molar-refractivity contribution in [1.82, 2.24) is 14.8 Å². The average molecular weight is 286 g/mol. The van der Waals surface area contributed by atoms with Crippen LogP contribution in [0, 0.1) is 5.92 Å². The summed E-state index contributed by atoms with van der Waals surface area (Å²) in [6.07, 6.45) is 3.63. The number of rotatable bonds is 4. The van der Waals surface area contributed by atoms with Crippen LogP contribution in [0.1, 0.15) is 37.2 Å². The molecule has 0 saturated carbocycles. The third kappa shape index (κ3) is 2.65. The van der Waals surface area contributed by atoms with Gasteiger partial charge in [-0.15, -0.1) is 0 Å². The number of aryl methyl sites for hydroxylation is 1. The lowest BCUT2D eigenvalue weighted by Crippen LogP contribution is -2.28. The summed E-state index contributed by atoms with van der Waals surface area (Å²) in [5.74, 6) is 1.34. The molecule has 112 valence electrons. The van der Waals surface area contributed by atoms with Crippen molar-refractivity contribution in [2.75, 3.05) is 5.73 Å². The molecular formula is C16H22N4O. The zero-order valence-electron chi connectivity index (χ0n) is 12.6. The lowest BCUT2D eigenvalue weighted by molar-refractivity contribution is 0.0356. The highest BCUT2D eigenvalue weighted by Crippen LogP contribution is 2.39. The number of hydrogen-bond donors (Lipinski definition) is 2. The lowest BCUT2D eigenvalue weighted by atomic mass is 9.92. The molecule has 1 heterocycles. The SMILES string of the molecule is CC(C)Cn1ncnc1CC1(O)CCc2cc(N)ccc21. The lowest BCUT2D eigenvalue weighted by Gasteiger charge is -2.24. The largest absolute Gasteiger partial charge is 0.399 e. The topological polar surface area (TPSA) is 77.0 Å². The summed E-state index contributed by atoms with van der Waals surface area (Å²) in [7, 11) is 0. The van der Waals surface area contributed by atoms with E-state index in [0.29, 0.717) is 18.8 Å². The van der Waals surface area contributed by atoms with Crippen molar-refractivity contribution in [1.29, 1.82) is 0 Å². The predicted molar refractivity (Wildman–Crippen MR) is 81.6 cm³/mol. The van der Waals surface area contributed by atoms with E-state index in [1.54, 1.807) is 6.33 Å². The van der Waals surface area contributed by atoms with Crippen LogP contribution in [-0.2, 0) is 25.0 Å². The van der Waals surface area contributed by atoms with Crippen LogP contribution >= 0.6 is 0 Å². The Morgan fingerprint density at radius 3 is 3.00 bits per heavy atom. The van der Waals surface area contributed by atoms with Gasteiger partial charge in [-0.25, -0.2) is 9.67 Å². The minimum Gasteiger partial charge on any atom is -0.399 e. The Kier molecular flexibility index (Phi) is 3.45. The molecule has 0 bridgehead atoms. The van der Waals surface area contributed by atoms with Crippen LogP contribution in [0.5, 0.6) is 0 Å². The van der Waals surface area contributed by atoms with Gasteiger partial charge >= 0.3 is 0 Å². The Morgan fingerprint density at radius 1 is 1.43 bits per heavy atom. The second-order valence-corrected chi connectivity index (χ2v) is 6.38. The molecule has 0 fully saturated rings. The molecule has 2 aromatic rings. The molecule has 3 N–H and O–H groups in total. The van der Waals surface area contributed by atoms with Crippen LogP contribution in [0.2, 0.25) is 0 Å². The predicted octanol–water partition coefficient (Wildman–Crippen LogP) is 1.89.